The molecule has 0 aliphatic carbocycles. The summed E-state index contributed by atoms with van der Waals surface area (Å²) in [5.41, 5.74) is 0. The summed E-state index contributed by atoms with van der Waals surface area (Å²) in [7, 11) is 3.00. The van der Waals surface area contributed by atoms with Crippen LogP contribution in [0.5, 0.6) is 0 Å². The molecule has 16 heavy (non-hydrogen) atoms. The Morgan fingerprint density at radius 1 is 1.62 bits per heavy atom. The number of nitrogens with zero attached hydrogens (tertiary/aromatic N) is 3. The minimum atomic E-state index is -3.78. The van der Waals surface area contributed by atoms with Gasteiger partial charge in [-0.3, -0.25) is 9.48 Å². The van der Waals surface area contributed by atoms with Crippen molar-refractivity contribution in [2.75, 3.05) is 13.6 Å². The van der Waals surface area contributed by atoms with Crippen molar-refractivity contribution < 1.29 is 13.2 Å². The van der Waals surface area contributed by atoms with Gasteiger partial charge >= 0.3 is 0 Å². The molecule has 0 aliphatic heterocycles. The molecule has 0 aliphatic rings. The lowest BCUT2D eigenvalue weighted by molar-refractivity contribution is -0.130. The minimum Gasteiger partial charge on any atom is -0.344 e. The molecule has 0 spiro atoms. The number of halogens is 1. The fourth-order valence-corrected chi connectivity index (χ4v) is 1.65. The summed E-state index contributed by atoms with van der Waals surface area (Å²) < 4.78 is 23.1. The largest absolute Gasteiger partial charge is 0.344 e. The van der Waals surface area contributed by atoms with Crippen molar-refractivity contribution in [3.63, 3.8) is 0 Å². The van der Waals surface area contributed by atoms with E-state index < -0.39 is 9.05 Å². The van der Waals surface area contributed by atoms with Crippen LogP contribution in [-0.4, -0.2) is 42.6 Å². The van der Waals surface area contributed by atoms with Crippen LogP contribution < -0.4 is 0 Å². The van der Waals surface area contributed by atoms with Gasteiger partial charge in [0.05, 0.1) is 6.20 Å². The van der Waals surface area contributed by atoms with E-state index in [1.54, 1.807) is 7.05 Å². The Morgan fingerprint density at radius 2 is 2.25 bits per heavy atom. The van der Waals surface area contributed by atoms with Gasteiger partial charge < -0.3 is 4.90 Å². The molecular formula is C8H12ClN3O3S. The van der Waals surface area contributed by atoms with Crippen molar-refractivity contribution >= 4 is 25.6 Å². The molecule has 0 fully saturated rings. The minimum absolute atomic E-state index is 0.00323. The molecule has 0 saturated carbocycles. The zero-order valence-corrected chi connectivity index (χ0v) is 10.5. The molecule has 8 heteroatoms. The molecule has 6 nitrogen and oxygen atoms in total. The summed E-state index contributed by atoms with van der Waals surface area (Å²) in [6.07, 6.45) is 2.34. The molecular weight excluding hydrogens is 254 g/mol. The predicted octanol–water partition coefficient (Wildman–Crippen LogP) is 0.289. The first-order chi connectivity index (χ1) is 7.34. The van der Waals surface area contributed by atoms with Gasteiger partial charge in [0.1, 0.15) is 11.4 Å². The molecule has 0 atom stereocenters. The fourth-order valence-electron chi connectivity index (χ4n) is 0.993. The Balaban J connectivity index is 2.77. The third kappa shape index (κ3) is 3.21. The van der Waals surface area contributed by atoms with Crippen molar-refractivity contribution in [3.05, 3.63) is 12.4 Å². The highest BCUT2D eigenvalue weighted by Gasteiger charge is 2.14. The number of carbonyl (C=O) groups is 1. The van der Waals surface area contributed by atoms with Crippen LogP contribution in [0.4, 0.5) is 0 Å². The van der Waals surface area contributed by atoms with Crippen molar-refractivity contribution in [2.45, 2.75) is 18.4 Å². The Morgan fingerprint density at radius 3 is 2.69 bits per heavy atom. The number of carbonyl (C=O) groups excluding carboxylic acids is 1. The van der Waals surface area contributed by atoms with Crippen molar-refractivity contribution in [1.82, 2.24) is 14.7 Å². The van der Waals surface area contributed by atoms with Gasteiger partial charge in [-0.1, -0.05) is 0 Å². The lowest BCUT2D eigenvalue weighted by Crippen LogP contribution is -2.30. The van der Waals surface area contributed by atoms with Gasteiger partial charge in [0.25, 0.3) is 9.05 Å². The summed E-state index contributed by atoms with van der Waals surface area (Å²) in [6.45, 7) is 2.42. The zero-order chi connectivity index (χ0) is 12.3. The number of aromatic nitrogens is 2. The summed E-state index contributed by atoms with van der Waals surface area (Å²) >= 11 is 0. The van der Waals surface area contributed by atoms with Crippen molar-refractivity contribution in [3.8, 4) is 0 Å². The molecule has 0 radical (unpaired) electrons. The third-order valence-corrected chi connectivity index (χ3v) is 3.40. The zero-order valence-electron chi connectivity index (χ0n) is 8.92. The van der Waals surface area contributed by atoms with E-state index in [1.807, 2.05) is 6.92 Å². The first-order valence-corrected chi connectivity index (χ1v) is 6.86. The molecule has 1 aromatic rings. The van der Waals surface area contributed by atoms with E-state index in [0.717, 1.165) is 6.20 Å². The van der Waals surface area contributed by atoms with Gasteiger partial charge in [0, 0.05) is 30.5 Å². The molecule has 1 aromatic heterocycles. The number of amides is 1. The summed E-state index contributed by atoms with van der Waals surface area (Å²) in [4.78, 5) is 12.9. The van der Waals surface area contributed by atoms with Crippen LogP contribution in [0.2, 0.25) is 0 Å². The van der Waals surface area contributed by atoms with Gasteiger partial charge in [-0.15, -0.1) is 0 Å². The second-order valence-electron chi connectivity index (χ2n) is 3.22. The average molecular weight is 266 g/mol. The van der Waals surface area contributed by atoms with E-state index in [2.05, 4.69) is 5.10 Å². The Labute approximate surface area is 98.2 Å². The molecule has 0 unspecified atom stereocenters. The number of rotatable bonds is 4. The predicted molar refractivity (Wildman–Crippen MR) is 58.6 cm³/mol. The summed E-state index contributed by atoms with van der Waals surface area (Å²) in [6, 6.07) is 0. The average Bonchev–Trinajstić information content (AvgIpc) is 2.64. The molecule has 0 aromatic carbocycles. The standard InChI is InChI=1S/C8H12ClN3O3S/c1-3-11(2)8(13)6-12-5-7(4-10-12)16(9,14)15/h4-5H,3,6H2,1-2H3. The van der Waals surface area contributed by atoms with Gasteiger partial charge in [0.15, 0.2) is 0 Å². The Hall–Kier alpha value is -1.08. The summed E-state index contributed by atoms with van der Waals surface area (Å²) in [5, 5.41) is 3.74. The van der Waals surface area contributed by atoms with Gasteiger partial charge in [-0.25, -0.2) is 8.42 Å². The van der Waals surface area contributed by atoms with Gasteiger partial charge in [-0.2, -0.15) is 5.10 Å². The number of likely N-dealkylation sites (N-methyl/N-ethyl adjacent to an activating group) is 1. The van der Waals surface area contributed by atoms with Gasteiger partial charge in [-0.05, 0) is 6.92 Å². The molecule has 0 N–H and O–H groups in total. The van der Waals surface area contributed by atoms with Crippen LogP contribution in [-0.2, 0) is 20.4 Å². The molecule has 0 bridgehead atoms. The highest BCUT2D eigenvalue weighted by Crippen LogP contribution is 2.12. The van der Waals surface area contributed by atoms with Crippen molar-refractivity contribution in [1.29, 1.82) is 0 Å². The van der Waals surface area contributed by atoms with Crippen LogP contribution >= 0.6 is 10.7 Å². The number of hydrogen-bond acceptors (Lipinski definition) is 4. The molecule has 1 heterocycles. The van der Waals surface area contributed by atoms with Gasteiger partial charge in [0.2, 0.25) is 5.91 Å². The monoisotopic (exact) mass is 265 g/mol. The molecule has 1 amide bonds. The Bertz CT molecular complexity index is 482. The SMILES string of the molecule is CCN(C)C(=O)Cn1cc(S(=O)(=O)Cl)cn1. The van der Waals surface area contributed by atoms with Crippen LogP contribution in [0, 0.1) is 0 Å². The van der Waals surface area contributed by atoms with E-state index in [9.17, 15) is 13.2 Å². The first kappa shape index (κ1) is 13.0. The van der Waals surface area contributed by atoms with E-state index in [-0.39, 0.29) is 17.3 Å². The normalized spacial score (nSPS) is 11.4. The highest BCUT2D eigenvalue weighted by molar-refractivity contribution is 8.13. The second kappa shape index (κ2) is 4.84. The van der Waals surface area contributed by atoms with Crippen LogP contribution in [0.3, 0.4) is 0 Å². The quantitative estimate of drug-likeness (QED) is 0.734. The topological polar surface area (TPSA) is 72.3 Å². The summed E-state index contributed by atoms with van der Waals surface area (Å²) in [5.74, 6) is -0.149. The van der Waals surface area contributed by atoms with E-state index >= 15 is 0 Å². The van der Waals surface area contributed by atoms with Crippen LogP contribution in [0.15, 0.2) is 17.3 Å². The second-order valence-corrected chi connectivity index (χ2v) is 5.79. The smallest absolute Gasteiger partial charge is 0.264 e. The Kier molecular flexibility index (Phi) is 3.93. The van der Waals surface area contributed by atoms with E-state index in [1.165, 1.54) is 15.8 Å². The maximum absolute atomic E-state index is 11.5. The maximum atomic E-state index is 11.5. The molecule has 1 rings (SSSR count). The molecule has 0 saturated heterocycles. The van der Waals surface area contributed by atoms with Crippen LogP contribution in [0.1, 0.15) is 6.92 Å². The lowest BCUT2D eigenvalue weighted by atomic mass is 10.5. The van der Waals surface area contributed by atoms with Crippen molar-refractivity contribution in [2.24, 2.45) is 0 Å². The lowest BCUT2D eigenvalue weighted by Gasteiger charge is -2.13. The van der Waals surface area contributed by atoms with E-state index in [4.69, 9.17) is 10.7 Å². The molecule has 90 valence electrons. The highest BCUT2D eigenvalue weighted by atomic mass is 35.7. The van der Waals surface area contributed by atoms with E-state index in [0.29, 0.717) is 6.54 Å². The first-order valence-electron chi connectivity index (χ1n) is 4.55. The third-order valence-electron chi connectivity index (χ3n) is 2.09. The maximum Gasteiger partial charge on any atom is 0.264 e. The fraction of sp³-hybridized carbons (Fsp3) is 0.500. The number of hydrogen-bond donors (Lipinski definition) is 0. The van der Waals surface area contributed by atoms with Crippen LogP contribution in [0.25, 0.3) is 0 Å².